The van der Waals surface area contributed by atoms with Crippen molar-refractivity contribution in [1.29, 1.82) is 0 Å². The van der Waals surface area contributed by atoms with Gasteiger partial charge >= 0.3 is 6.03 Å². The van der Waals surface area contributed by atoms with Crippen LogP contribution in [0, 0.1) is 0 Å². The van der Waals surface area contributed by atoms with Crippen molar-refractivity contribution in [2.75, 3.05) is 10.6 Å². The van der Waals surface area contributed by atoms with Crippen LogP contribution in [0.5, 0.6) is 0 Å². The molecule has 3 aromatic rings. The third kappa shape index (κ3) is 3.47. The second kappa shape index (κ2) is 5.71. The Hall–Kier alpha value is -2.91. The number of sulfonamides is 1. The van der Waals surface area contributed by atoms with Gasteiger partial charge in [0, 0.05) is 11.4 Å². The lowest BCUT2D eigenvalue weighted by molar-refractivity contribution is 0.262. The first-order valence-corrected chi connectivity index (χ1v) is 8.10. The molecule has 0 aliphatic rings. The van der Waals surface area contributed by atoms with Crippen molar-refractivity contribution in [3.8, 4) is 0 Å². The van der Waals surface area contributed by atoms with Crippen LogP contribution in [0.15, 0.2) is 53.7 Å². The third-order valence-corrected chi connectivity index (χ3v) is 4.05. The second-order valence-corrected chi connectivity index (χ2v) is 6.34. The van der Waals surface area contributed by atoms with Crippen LogP contribution >= 0.6 is 0 Å². The SMILES string of the molecule is NS(=O)(=O)c1ccc(NC(=O)Nc2ccc3nc[nH]c3c2)cc1. The van der Waals surface area contributed by atoms with E-state index >= 15 is 0 Å². The average molecular weight is 331 g/mol. The summed E-state index contributed by atoms with van der Waals surface area (Å²) in [5, 5.41) is 10.3. The van der Waals surface area contributed by atoms with Crippen molar-refractivity contribution in [2.24, 2.45) is 5.14 Å². The summed E-state index contributed by atoms with van der Waals surface area (Å²) in [4.78, 5) is 19.0. The Morgan fingerprint density at radius 2 is 1.70 bits per heavy atom. The third-order valence-electron chi connectivity index (χ3n) is 3.12. The van der Waals surface area contributed by atoms with Gasteiger partial charge in [0.05, 0.1) is 22.3 Å². The number of anilines is 2. The highest BCUT2D eigenvalue weighted by Crippen LogP contribution is 2.17. The fourth-order valence-corrected chi connectivity index (χ4v) is 2.55. The van der Waals surface area contributed by atoms with Gasteiger partial charge in [-0.2, -0.15) is 0 Å². The summed E-state index contributed by atoms with van der Waals surface area (Å²) < 4.78 is 22.3. The van der Waals surface area contributed by atoms with E-state index in [1.807, 2.05) is 0 Å². The number of rotatable bonds is 3. The van der Waals surface area contributed by atoms with Crippen LogP contribution in [0.3, 0.4) is 0 Å². The molecule has 0 atom stereocenters. The number of amides is 2. The quantitative estimate of drug-likeness (QED) is 0.583. The van der Waals surface area contributed by atoms with E-state index in [-0.39, 0.29) is 4.90 Å². The molecule has 1 aromatic heterocycles. The number of aromatic nitrogens is 2. The van der Waals surface area contributed by atoms with Crippen LogP contribution in [-0.2, 0) is 10.0 Å². The number of benzene rings is 2. The molecule has 0 fully saturated rings. The minimum absolute atomic E-state index is 0.0202. The number of hydrogen-bond acceptors (Lipinski definition) is 4. The number of fused-ring (bicyclic) bond motifs is 1. The number of H-pyrrole nitrogens is 1. The molecular formula is C14H13N5O3S. The highest BCUT2D eigenvalue weighted by atomic mass is 32.2. The zero-order valence-corrected chi connectivity index (χ0v) is 12.6. The van der Waals surface area contributed by atoms with Gasteiger partial charge in [0.25, 0.3) is 0 Å². The number of urea groups is 1. The fraction of sp³-hybridized carbons (Fsp3) is 0. The first kappa shape index (κ1) is 15.0. The molecular weight excluding hydrogens is 318 g/mol. The first-order valence-electron chi connectivity index (χ1n) is 6.56. The number of nitrogens with one attached hydrogen (secondary N) is 3. The van der Waals surface area contributed by atoms with Crippen LogP contribution in [-0.4, -0.2) is 24.4 Å². The number of nitrogens with zero attached hydrogens (tertiary/aromatic N) is 1. The molecule has 2 amide bonds. The topological polar surface area (TPSA) is 130 Å². The van der Waals surface area contributed by atoms with Crippen LogP contribution in [0.1, 0.15) is 0 Å². The first-order chi connectivity index (χ1) is 10.9. The van der Waals surface area contributed by atoms with Crippen molar-refractivity contribution in [3.05, 3.63) is 48.8 Å². The predicted molar refractivity (Wildman–Crippen MR) is 86.6 cm³/mol. The summed E-state index contributed by atoms with van der Waals surface area (Å²) in [6, 6.07) is 10.4. The monoisotopic (exact) mass is 331 g/mol. The number of hydrogen-bond donors (Lipinski definition) is 4. The highest BCUT2D eigenvalue weighted by Gasteiger charge is 2.08. The molecule has 0 radical (unpaired) electrons. The number of carbonyl (C=O) groups excluding carboxylic acids is 1. The molecule has 0 saturated carbocycles. The van der Waals surface area contributed by atoms with E-state index in [9.17, 15) is 13.2 Å². The largest absolute Gasteiger partial charge is 0.345 e. The van der Waals surface area contributed by atoms with Gasteiger partial charge in [0.15, 0.2) is 0 Å². The standard InChI is InChI=1S/C14H13N5O3S/c15-23(21,22)11-4-1-9(2-5-11)18-14(20)19-10-3-6-12-13(7-10)17-8-16-12/h1-8H,(H,16,17)(H2,15,21,22)(H2,18,19,20). The maximum atomic E-state index is 11.9. The Morgan fingerprint density at radius 3 is 2.39 bits per heavy atom. The lowest BCUT2D eigenvalue weighted by Gasteiger charge is -2.08. The van der Waals surface area contributed by atoms with Crippen LogP contribution < -0.4 is 15.8 Å². The van der Waals surface area contributed by atoms with Crippen molar-refractivity contribution in [3.63, 3.8) is 0 Å². The highest BCUT2D eigenvalue weighted by molar-refractivity contribution is 7.89. The van der Waals surface area contributed by atoms with Gasteiger partial charge < -0.3 is 15.6 Å². The molecule has 118 valence electrons. The smallest absolute Gasteiger partial charge is 0.323 e. The lowest BCUT2D eigenvalue weighted by Crippen LogP contribution is -2.19. The van der Waals surface area contributed by atoms with Gasteiger partial charge in [-0.1, -0.05) is 0 Å². The van der Waals surface area contributed by atoms with E-state index in [4.69, 9.17) is 5.14 Å². The molecule has 0 aliphatic heterocycles. The second-order valence-electron chi connectivity index (χ2n) is 4.78. The van der Waals surface area contributed by atoms with Gasteiger partial charge in [-0.25, -0.2) is 23.3 Å². The number of aromatic amines is 1. The van der Waals surface area contributed by atoms with E-state index in [1.165, 1.54) is 24.3 Å². The van der Waals surface area contributed by atoms with Crippen molar-refractivity contribution < 1.29 is 13.2 Å². The molecule has 0 bridgehead atoms. The molecule has 0 aliphatic carbocycles. The van der Waals surface area contributed by atoms with Gasteiger partial charge in [0.1, 0.15) is 0 Å². The average Bonchev–Trinajstić information content (AvgIpc) is 2.94. The number of nitrogens with two attached hydrogens (primary N) is 1. The summed E-state index contributed by atoms with van der Waals surface area (Å²) in [5.41, 5.74) is 2.65. The molecule has 9 heteroatoms. The molecule has 0 unspecified atom stereocenters. The molecule has 5 N–H and O–H groups in total. The Balaban J connectivity index is 1.69. The number of primary sulfonamides is 1. The number of imidazole rings is 1. The Bertz CT molecular complexity index is 964. The van der Waals surface area contributed by atoms with Crippen LogP contribution in [0.2, 0.25) is 0 Å². The van der Waals surface area contributed by atoms with Crippen molar-refractivity contribution in [2.45, 2.75) is 4.90 Å². The normalized spacial score (nSPS) is 11.3. The Labute approximate surface area is 131 Å². The van der Waals surface area contributed by atoms with Gasteiger partial charge in [-0.15, -0.1) is 0 Å². The molecule has 3 rings (SSSR count). The maximum absolute atomic E-state index is 11.9. The summed E-state index contributed by atoms with van der Waals surface area (Å²) in [7, 11) is -3.75. The zero-order valence-electron chi connectivity index (χ0n) is 11.8. The summed E-state index contributed by atoms with van der Waals surface area (Å²) >= 11 is 0. The van der Waals surface area contributed by atoms with E-state index in [2.05, 4.69) is 20.6 Å². The lowest BCUT2D eigenvalue weighted by atomic mass is 10.3. The molecule has 1 heterocycles. The summed E-state index contributed by atoms with van der Waals surface area (Å²) in [6.07, 6.45) is 1.57. The Morgan fingerprint density at radius 1 is 1.04 bits per heavy atom. The van der Waals surface area contributed by atoms with E-state index in [0.29, 0.717) is 11.4 Å². The Kier molecular flexibility index (Phi) is 3.72. The van der Waals surface area contributed by atoms with Gasteiger partial charge in [0.2, 0.25) is 10.0 Å². The van der Waals surface area contributed by atoms with Gasteiger partial charge in [-0.3, -0.25) is 0 Å². The van der Waals surface area contributed by atoms with Crippen LogP contribution in [0.4, 0.5) is 16.2 Å². The van der Waals surface area contributed by atoms with E-state index < -0.39 is 16.1 Å². The number of carbonyl (C=O) groups is 1. The minimum Gasteiger partial charge on any atom is -0.345 e. The maximum Gasteiger partial charge on any atom is 0.323 e. The van der Waals surface area contributed by atoms with Crippen LogP contribution in [0.25, 0.3) is 11.0 Å². The molecule has 23 heavy (non-hydrogen) atoms. The summed E-state index contributed by atoms with van der Waals surface area (Å²) in [5.74, 6) is 0. The van der Waals surface area contributed by atoms with E-state index in [1.54, 1.807) is 24.5 Å². The fourth-order valence-electron chi connectivity index (χ4n) is 2.03. The van der Waals surface area contributed by atoms with Crippen molar-refractivity contribution >= 4 is 38.5 Å². The van der Waals surface area contributed by atoms with Gasteiger partial charge in [-0.05, 0) is 42.5 Å². The molecule has 0 spiro atoms. The zero-order chi connectivity index (χ0) is 16.4. The minimum atomic E-state index is -3.75. The van der Waals surface area contributed by atoms with Crippen molar-refractivity contribution in [1.82, 2.24) is 9.97 Å². The predicted octanol–water partition coefficient (Wildman–Crippen LogP) is 1.85. The van der Waals surface area contributed by atoms with E-state index in [0.717, 1.165) is 11.0 Å². The molecule has 0 saturated heterocycles. The summed E-state index contributed by atoms with van der Waals surface area (Å²) in [6.45, 7) is 0. The molecule has 8 nitrogen and oxygen atoms in total. The molecule has 2 aromatic carbocycles.